The quantitative estimate of drug-likeness (QED) is 0.836. The van der Waals surface area contributed by atoms with Crippen LogP contribution < -0.4 is 11.1 Å². The van der Waals surface area contributed by atoms with Crippen molar-refractivity contribution < 1.29 is 8.78 Å². The molecule has 3 N–H and O–H groups in total. The third-order valence-electron chi connectivity index (χ3n) is 3.32. The minimum Gasteiger partial charge on any atom is -0.389 e. The van der Waals surface area contributed by atoms with Crippen molar-refractivity contribution in [2.45, 2.75) is 19.9 Å². The molecule has 2 nitrogen and oxygen atoms in total. The predicted molar refractivity (Wildman–Crippen MR) is 85.5 cm³/mol. The van der Waals surface area contributed by atoms with Crippen molar-refractivity contribution in [3.05, 3.63) is 64.7 Å². The average molecular weight is 306 g/mol. The van der Waals surface area contributed by atoms with Gasteiger partial charge in [0.05, 0.1) is 5.69 Å². The molecule has 2 rings (SSSR count). The summed E-state index contributed by atoms with van der Waals surface area (Å²) in [7, 11) is 0. The Morgan fingerprint density at radius 2 is 1.86 bits per heavy atom. The highest BCUT2D eigenvalue weighted by atomic mass is 32.1. The molecule has 2 aromatic carbocycles. The van der Waals surface area contributed by atoms with Crippen LogP contribution in [0.5, 0.6) is 0 Å². The molecule has 0 spiro atoms. The minimum atomic E-state index is -0.445. The van der Waals surface area contributed by atoms with Crippen LogP contribution in [0.3, 0.4) is 0 Å². The first kappa shape index (κ1) is 15.4. The van der Waals surface area contributed by atoms with Crippen LogP contribution in [0, 0.1) is 18.6 Å². The first-order valence-corrected chi connectivity index (χ1v) is 6.91. The summed E-state index contributed by atoms with van der Waals surface area (Å²) in [6, 6.07) is 9.25. The highest BCUT2D eigenvalue weighted by molar-refractivity contribution is 7.80. The lowest BCUT2D eigenvalue weighted by Gasteiger charge is -2.17. The number of rotatable bonds is 4. The minimum absolute atomic E-state index is 0.147. The first-order valence-electron chi connectivity index (χ1n) is 6.50. The molecule has 0 radical (unpaired) electrons. The van der Waals surface area contributed by atoms with E-state index in [1.165, 1.54) is 12.1 Å². The van der Waals surface area contributed by atoms with E-state index >= 15 is 0 Å². The Kier molecular flexibility index (Phi) is 4.53. The van der Waals surface area contributed by atoms with Gasteiger partial charge >= 0.3 is 0 Å². The fraction of sp³-hybridized carbons (Fsp3) is 0.188. The number of anilines is 1. The van der Waals surface area contributed by atoms with Crippen LogP contribution in [0.2, 0.25) is 0 Å². The number of nitrogens with one attached hydrogen (secondary N) is 1. The van der Waals surface area contributed by atoms with Gasteiger partial charge in [-0.25, -0.2) is 8.78 Å². The molecule has 1 unspecified atom stereocenters. The molecule has 0 aliphatic carbocycles. The largest absolute Gasteiger partial charge is 0.389 e. The number of halogens is 2. The lowest BCUT2D eigenvalue weighted by Crippen LogP contribution is -2.12. The predicted octanol–water partition coefficient (Wildman–Crippen LogP) is 4.08. The molecule has 0 heterocycles. The summed E-state index contributed by atoms with van der Waals surface area (Å²) in [4.78, 5) is 0.147. The van der Waals surface area contributed by atoms with Gasteiger partial charge in [0, 0.05) is 11.6 Å². The van der Waals surface area contributed by atoms with Crippen LogP contribution in [0.4, 0.5) is 14.5 Å². The van der Waals surface area contributed by atoms with Crippen LogP contribution in [0.15, 0.2) is 36.4 Å². The zero-order valence-electron chi connectivity index (χ0n) is 11.8. The monoisotopic (exact) mass is 306 g/mol. The molecule has 0 amide bonds. The van der Waals surface area contributed by atoms with Crippen molar-refractivity contribution in [2.75, 3.05) is 5.32 Å². The van der Waals surface area contributed by atoms with Crippen LogP contribution in [0.25, 0.3) is 0 Å². The molecule has 2 aromatic rings. The van der Waals surface area contributed by atoms with E-state index in [-0.39, 0.29) is 16.8 Å². The lowest BCUT2D eigenvalue weighted by atomic mass is 10.1. The van der Waals surface area contributed by atoms with Crippen LogP contribution in [0.1, 0.15) is 29.7 Å². The molecule has 0 aromatic heterocycles. The van der Waals surface area contributed by atoms with Crippen molar-refractivity contribution >= 4 is 22.9 Å². The molecular formula is C16H16F2N2S. The van der Waals surface area contributed by atoms with E-state index in [2.05, 4.69) is 5.32 Å². The Morgan fingerprint density at radius 1 is 1.14 bits per heavy atom. The van der Waals surface area contributed by atoms with Gasteiger partial charge in [0.1, 0.15) is 16.6 Å². The van der Waals surface area contributed by atoms with E-state index in [1.807, 2.05) is 13.0 Å². The number of hydrogen-bond donors (Lipinski definition) is 2. The van der Waals surface area contributed by atoms with Gasteiger partial charge in [-0.15, -0.1) is 0 Å². The van der Waals surface area contributed by atoms with Gasteiger partial charge in [0.2, 0.25) is 0 Å². The van der Waals surface area contributed by atoms with Gasteiger partial charge in [0.15, 0.2) is 0 Å². The maximum Gasteiger partial charge on any atom is 0.147 e. The maximum atomic E-state index is 14.0. The normalized spacial score (nSPS) is 12.0. The second-order valence-electron chi connectivity index (χ2n) is 4.93. The highest BCUT2D eigenvalue weighted by Gasteiger charge is 2.11. The van der Waals surface area contributed by atoms with Crippen molar-refractivity contribution in [3.8, 4) is 0 Å². The van der Waals surface area contributed by atoms with Crippen molar-refractivity contribution in [2.24, 2.45) is 5.73 Å². The van der Waals surface area contributed by atoms with E-state index in [0.29, 0.717) is 16.8 Å². The summed E-state index contributed by atoms with van der Waals surface area (Å²) in [6.45, 7) is 3.54. The molecule has 1 atom stereocenters. The van der Waals surface area contributed by atoms with Crippen LogP contribution in [-0.2, 0) is 0 Å². The van der Waals surface area contributed by atoms with Gasteiger partial charge in [-0.3, -0.25) is 0 Å². The molecule has 0 bridgehead atoms. The summed E-state index contributed by atoms with van der Waals surface area (Å²) in [6.07, 6.45) is 0. The third-order valence-corrected chi connectivity index (χ3v) is 3.56. The van der Waals surface area contributed by atoms with Gasteiger partial charge in [-0.2, -0.15) is 0 Å². The van der Waals surface area contributed by atoms with Gasteiger partial charge in [0.25, 0.3) is 0 Å². The molecular weight excluding hydrogens is 290 g/mol. The fourth-order valence-corrected chi connectivity index (χ4v) is 2.11. The Hall–Kier alpha value is -2.01. The third kappa shape index (κ3) is 3.55. The van der Waals surface area contributed by atoms with Gasteiger partial charge in [-0.1, -0.05) is 24.4 Å². The van der Waals surface area contributed by atoms with Crippen molar-refractivity contribution in [3.63, 3.8) is 0 Å². The van der Waals surface area contributed by atoms with Gasteiger partial charge < -0.3 is 11.1 Å². The van der Waals surface area contributed by atoms with Gasteiger partial charge in [-0.05, 0) is 49.2 Å². The molecule has 0 fully saturated rings. The molecule has 0 saturated heterocycles. The number of aryl methyl sites for hydroxylation is 1. The standard InChI is InChI=1S/C16H16F2N2S/c1-9-3-4-11(7-13(9)17)10(2)20-15-6-5-12(16(19)21)8-14(15)18/h3-8,10,20H,1-2H3,(H2,19,21). The smallest absolute Gasteiger partial charge is 0.147 e. The summed E-state index contributed by atoms with van der Waals surface area (Å²) in [5.41, 5.74) is 7.58. The number of thiocarbonyl (C=S) groups is 1. The topological polar surface area (TPSA) is 38.0 Å². The highest BCUT2D eigenvalue weighted by Crippen LogP contribution is 2.23. The Labute approximate surface area is 128 Å². The number of benzene rings is 2. The average Bonchev–Trinajstić information content (AvgIpc) is 2.43. The lowest BCUT2D eigenvalue weighted by molar-refractivity contribution is 0.613. The zero-order chi connectivity index (χ0) is 15.6. The molecule has 0 saturated carbocycles. The maximum absolute atomic E-state index is 14.0. The van der Waals surface area contributed by atoms with E-state index in [9.17, 15) is 8.78 Å². The molecule has 0 aliphatic heterocycles. The second-order valence-corrected chi connectivity index (χ2v) is 5.37. The van der Waals surface area contributed by atoms with Crippen LogP contribution in [-0.4, -0.2) is 4.99 Å². The van der Waals surface area contributed by atoms with Crippen molar-refractivity contribution in [1.82, 2.24) is 0 Å². The Morgan fingerprint density at radius 3 is 2.43 bits per heavy atom. The Balaban J connectivity index is 2.21. The van der Waals surface area contributed by atoms with E-state index in [1.54, 1.807) is 25.1 Å². The summed E-state index contributed by atoms with van der Waals surface area (Å²) < 4.78 is 27.5. The molecule has 0 aliphatic rings. The molecule has 5 heteroatoms. The van der Waals surface area contributed by atoms with Crippen LogP contribution >= 0.6 is 12.2 Å². The SMILES string of the molecule is Cc1ccc(C(C)Nc2ccc(C(N)=S)cc2F)cc1F. The summed E-state index contributed by atoms with van der Waals surface area (Å²) in [5.74, 6) is -0.717. The number of nitrogens with two attached hydrogens (primary N) is 1. The molecule has 110 valence electrons. The van der Waals surface area contributed by atoms with E-state index in [4.69, 9.17) is 18.0 Å². The van der Waals surface area contributed by atoms with E-state index < -0.39 is 5.82 Å². The van der Waals surface area contributed by atoms with Crippen molar-refractivity contribution in [1.29, 1.82) is 0 Å². The second kappa shape index (κ2) is 6.18. The van der Waals surface area contributed by atoms with E-state index in [0.717, 1.165) is 5.56 Å². The Bertz CT molecular complexity index is 686. The summed E-state index contributed by atoms with van der Waals surface area (Å²) >= 11 is 4.80. The zero-order valence-corrected chi connectivity index (χ0v) is 12.6. The fourth-order valence-electron chi connectivity index (χ4n) is 1.98. The number of hydrogen-bond acceptors (Lipinski definition) is 2. The summed E-state index contributed by atoms with van der Waals surface area (Å²) in [5, 5.41) is 3.01. The first-order chi connectivity index (χ1) is 9.88. The molecule has 21 heavy (non-hydrogen) atoms.